The van der Waals surface area contributed by atoms with Gasteiger partial charge in [0.15, 0.2) is 0 Å². The Bertz CT molecular complexity index is 879. The van der Waals surface area contributed by atoms with Gasteiger partial charge in [-0.15, -0.1) is 0 Å². The Morgan fingerprint density at radius 3 is 2.25 bits per heavy atom. The molecule has 1 heterocycles. The van der Waals surface area contributed by atoms with Crippen molar-refractivity contribution >= 4 is 22.0 Å². The number of hydrogen-bond donors (Lipinski definition) is 4. The van der Waals surface area contributed by atoms with E-state index < -0.39 is 16.1 Å². The summed E-state index contributed by atoms with van der Waals surface area (Å²) in [5, 5.41) is 9.95. The van der Waals surface area contributed by atoms with Crippen LogP contribution in [-0.4, -0.2) is 48.6 Å². The molecule has 2 aromatic rings. The van der Waals surface area contributed by atoms with Crippen LogP contribution in [0.4, 0.5) is 4.79 Å². The number of rotatable bonds is 7. The molecule has 0 aliphatic carbocycles. The van der Waals surface area contributed by atoms with Gasteiger partial charge in [-0.25, -0.2) is 22.9 Å². The molecule has 11 heteroatoms. The Kier molecular flexibility index (Phi) is 8.99. The van der Waals surface area contributed by atoms with Crippen molar-refractivity contribution in [3.05, 3.63) is 53.6 Å². The topological polar surface area (TPSA) is 164 Å². The summed E-state index contributed by atoms with van der Waals surface area (Å²) in [6.45, 7) is 4.30. The summed E-state index contributed by atoms with van der Waals surface area (Å²) in [4.78, 5) is 28.9. The minimum absolute atomic E-state index is 0.229. The average molecular weight is 409 g/mol. The van der Waals surface area contributed by atoms with Crippen LogP contribution in [0.2, 0.25) is 0 Å². The summed E-state index contributed by atoms with van der Waals surface area (Å²) in [5.41, 5.74) is 5.98. The number of nitrogens with two attached hydrogens (primary N) is 1. The first-order chi connectivity index (χ1) is 13.2. The second-order valence-corrected chi connectivity index (χ2v) is 7.30. The zero-order valence-electron chi connectivity index (χ0n) is 15.5. The van der Waals surface area contributed by atoms with Gasteiger partial charge in [0, 0.05) is 19.3 Å². The van der Waals surface area contributed by atoms with Gasteiger partial charge in [0.05, 0.1) is 16.8 Å². The molecule has 1 aromatic heterocycles. The van der Waals surface area contributed by atoms with Crippen molar-refractivity contribution in [1.29, 1.82) is 0 Å². The van der Waals surface area contributed by atoms with E-state index in [9.17, 15) is 13.2 Å². The van der Waals surface area contributed by atoms with Crippen molar-refractivity contribution in [2.45, 2.75) is 25.2 Å². The molecule has 2 amide bonds. The average Bonchev–Trinajstić information content (AvgIpc) is 2.62. The number of carboxylic acid groups (broad SMARTS) is 1. The van der Waals surface area contributed by atoms with Crippen LogP contribution in [0.5, 0.6) is 0 Å². The van der Waals surface area contributed by atoms with Crippen molar-refractivity contribution in [2.75, 3.05) is 13.1 Å². The molecular weight excluding hydrogens is 386 g/mol. The van der Waals surface area contributed by atoms with E-state index in [-0.39, 0.29) is 16.5 Å². The van der Waals surface area contributed by atoms with E-state index in [1.807, 2.05) is 0 Å². The first-order valence-corrected chi connectivity index (χ1v) is 9.78. The maximum absolute atomic E-state index is 11.9. The molecule has 0 unspecified atom stereocenters. The largest absolute Gasteiger partial charge is 0.465 e. The third-order valence-corrected chi connectivity index (χ3v) is 4.84. The minimum atomic E-state index is -3.44. The summed E-state index contributed by atoms with van der Waals surface area (Å²) in [7, 11) is -3.44. The van der Waals surface area contributed by atoms with Crippen LogP contribution in [0.15, 0.2) is 41.6 Å². The van der Waals surface area contributed by atoms with E-state index in [2.05, 4.69) is 25.7 Å². The summed E-state index contributed by atoms with van der Waals surface area (Å²) < 4.78 is 26.1. The highest BCUT2D eigenvalue weighted by molar-refractivity contribution is 7.89. The molecule has 28 heavy (non-hydrogen) atoms. The van der Waals surface area contributed by atoms with E-state index in [1.165, 1.54) is 6.20 Å². The smallest absolute Gasteiger partial charge is 0.402 e. The molecule has 2 rings (SSSR count). The third kappa shape index (κ3) is 8.10. The highest BCUT2D eigenvalue weighted by Gasteiger charge is 2.12. The second-order valence-electron chi connectivity index (χ2n) is 5.53. The zero-order chi connectivity index (χ0) is 21.2. The molecule has 0 spiro atoms. The lowest BCUT2D eigenvalue weighted by molar-refractivity contribution is 0.0948. The Balaban J connectivity index is 0.000000892. The molecule has 0 aliphatic rings. The number of aromatic nitrogens is 2. The molecular formula is C17H23N5O5S. The number of hydrogen-bond acceptors (Lipinski definition) is 6. The molecule has 0 fully saturated rings. The fourth-order valence-electron chi connectivity index (χ4n) is 2.03. The van der Waals surface area contributed by atoms with Crippen LogP contribution in [0.3, 0.4) is 0 Å². The Labute approximate surface area is 163 Å². The molecule has 0 saturated carbocycles. The maximum Gasteiger partial charge on any atom is 0.402 e. The van der Waals surface area contributed by atoms with Crippen molar-refractivity contribution in [3.8, 4) is 0 Å². The van der Waals surface area contributed by atoms with E-state index >= 15 is 0 Å². The fraction of sp³-hybridized carbons (Fsp3) is 0.294. The molecule has 0 aliphatic heterocycles. The fourth-order valence-corrected chi connectivity index (χ4v) is 3.07. The lowest BCUT2D eigenvalue weighted by atomic mass is 10.1. The highest BCUT2D eigenvalue weighted by atomic mass is 32.2. The monoisotopic (exact) mass is 409 g/mol. The van der Waals surface area contributed by atoms with Gasteiger partial charge in [0.2, 0.25) is 10.0 Å². The van der Waals surface area contributed by atoms with Gasteiger partial charge >= 0.3 is 6.09 Å². The summed E-state index contributed by atoms with van der Waals surface area (Å²) in [6, 6.07) is 6.59. The van der Waals surface area contributed by atoms with E-state index in [0.29, 0.717) is 19.5 Å². The molecule has 0 atom stereocenters. The van der Waals surface area contributed by atoms with Crippen molar-refractivity contribution in [2.24, 2.45) is 5.73 Å². The van der Waals surface area contributed by atoms with Crippen molar-refractivity contribution in [1.82, 2.24) is 20.0 Å². The lowest BCUT2D eigenvalue weighted by Gasteiger charge is -2.07. The van der Waals surface area contributed by atoms with Crippen LogP contribution in [0.1, 0.15) is 28.7 Å². The van der Waals surface area contributed by atoms with Crippen LogP contribution < -0.4 is 15.8 Å². The summed E-state index contributed by atoms with van der Waals surface area (Å²) in [6.07, 6.45) is 2.23. The van der Waals surface area contributed by atoms with Crippen molar-refractivity contribution < 1.29 is 23.1 Å². The van der Waals surface area contributed by atoms with Gasteiger partial charge in [-0.05, 0) is 31.0 Å². The predicted molar refractivity (Wildman–Crippen MR) is 102 cm³/mol. The van der Waals surface area contributed by atoms with E-state index in [4.69, 9.17) is 9.90 Å². The van der Waals surface area contributed by atoms with E-state index in [1.54, 1.807) is 44.3 Å². The number of primary amides is 1. The molecule has 1 aromatic carbocycles. The SMILES string of the molecule is CCNS(=O)(=O)c1ccc(CCNC(=O)c2cnc(C)cn2)cc1.NC(=O)O. The number of sulfonamides is 1. The third-order valence-electron chi connectivity index (χ3n) is 3.28. The number of carbonyl (C=O) groups excluding carboxylic acids is 1. The Morgan fingerprint density at radius 2 is 1.75 bits per heavy atom. The Hall–Kier alpha value is -3.05. The van der Waals surface area contributed by atoms with Crippen LogP contribution >= 0.6 is 0 Å². The molecule has 152 valence electrons. The van der Waals surface area contributed by atoms with Crippen molar-refractivity contribution in [3.63, 3.8) is 0 Å². The second kappa shape index (κ2) is 10.9. The maximum atomic E-state index is 11.9. The quantitative estimate of drug-likeness (QED) is 0.522. The molecule has 0 radical (unpaired) electrons. The highest BCUT2D eigenvalue weighted by Crippen LogP contribution is 2.10. The number of aryl methyl sites for hydroxylation is 1. The summed E-state index contributed by atoms with van der Waals surface area (Å²) in [5.74, 6) is -0.283. The van der Waals surface area contributed by atoms with Crippen LogP contribution in [0, 0.1) is 6.92 Å². The van der Waals surface area contributed by atoms with Gasteiger partial charge in [0.25, 0.3) is 5.91 Å². The molecule has 5 N–H and O–H groups in total. The van der Waals surface area contributed by atoms with Gasteiger partial charge in [-0.1, -0.05) is 19.1 Å². The molecule has 10 nitrogen and oxygen atoms in total. The minimum Gasteiger partial charge on any atom is -0.465 e. The van der Waals surface area contributed by atoms with Gasteiger partial charge in [-0.2, -0.15) is 0 Å². The van der Waals surface area contributed by atoms with Gasteiger partial charge in [0.1, 0.15) is 5.69 Å². The summed E-state index contributed by atoms with van der Waals surface area (Å²) >= 11 is 0. The standard InChI is InChI=1S/C16H20N4O3S.CH3NO2/c1-3-20-24(22,23)14-6-4-13(5-7-14)8-9-17-16(21)15-11-18-12(2)10-19-15;2-1(3)4/h4-7,10-11,20H,3,8-9H2,1-2H3,(H,17,21);2H2,(H,3,4). The number of nitrogens with one attached hydrogen (secondary N) is 2. The number of amides is 2. The Morgan fingerprint density at radius 1 is 1.14 bits per heavy atom. The number of carbonyl (C=O) groups is 2. The van der Waals surface area contributed by atoms with Gasteiger partial charge in [-0.3, -0.25) is 9.78 Å². The number of benzene rings is 1. The lowest BCUT2D eigenvalue weighted by Crippen LogP contribution is -2.26. The van der Waals surface area contributed by atoms with Crippen LogP contribution in [-0.2, 0) is 16.4 Å². The van der Waals surface area contributed by atoms with Gasteiger partial charge < -0.3 is 16.2 Å². The normalized spacial score (nSPS) is 10.5. The van der Waals surface area contributed by atoms with Crippen LogP contribution in [0.25, 0.3) is 0 Å². The van der Waals surface area contributed by atoms with E-state index in [0.717, 1.165) is 11.3 Å². The zero-order valence-corrected chi connectivity index (χ0v) is 16.4. The predicted octanol–water partition coefficient (Wildman–Crippen LogP) is 0.679. The first-order valence-electron chi connectivity index (χ1n) is 8.29. The first kappa shape index (κ1) is 23.0. The number of nitrogens with zero attached hydrogens (tertiary/aromatic N) is 2. The molecule has 0 saturated heterocycles. The molecule has 0 bridgehead atoms.